The van der Waals surface area contributed by atoms with Crippen molar-refractivity contribution in [2.45, 2.75) is 44.4 Å². The second kappa shape index (κ2) is 7.83. The van der Waals surface area contributed by atoms with Crippen LogP contribution < -0.4 is 0 Å². The zero-order valence-electron chi connectivity index (χ0n) is 16.9. The largest absolute Gasteiger partial charge is 0.340 e. The number of pyridine rings is 1. The minimum absolute atomic E-state index is 0.0194. The first kappa shape index (κ1) is 20.3. The van der Waals surface area contributed by atoms with Crippen molar-refractivity contribution >= 4 is 33.5 Å². The molecule has 1 N–H and O–H groups in total. The molecule has 0 unspecified atom stereocenters. The minimum atomic E-state index is -0.804. The highest BCUT2D eigenvalue weighted by Crippen LogP contribution is 2.44. The molecule has 31 heavy (non-hydrogen) atoms. The maximum Gasteiger partial charge on any atom is 0.154 e. The molecule has 0 radical (unpaired) electrons. The Morgan fingerprint density at radius 1 is 1.03 bits per heavy atom. The summed E-state index contributed by atoms with van der Waals surface area (Å²) < 4.78 is 42.6. The second-order valence-corrected chi connectivity index (χ2v) is 8.81. The predicted molar refractivity (Wildman–Crippen MR) is 116 cm³/mol. The monoisotopic (exact) mass is 443 g/mol. The van der Waals surface area contributed by atoms with E-state index in [0.29, 0.717) is 11.7 Å². The average molecular weight is 444 g/mol. The molecule has 1 aliphatic carbocycles. The van der Waals surface area contributed by atoms with Crippen LogP contribution in [0.3, 0.4) is 0 Å². The number of H-pyrrole nitrogens is 1. The molecule has 1 atom stereocenters. The lowest BCUT2D eigenvalue weighted by Gasteiger charge is -2.32. The number of rotatable bonds is 3. The van der Waals surface area contributed by atoms with Crippen LogP contribution in [0.2, 0.25) is 5.02 Å². The number of imidazole rings is 1. The molecule has 3 nitrogen and oxygen atoms in total. The van der Waals surface area contributed by atoms with Gasteiger partial charge in [-0.05, 0) is 55.7 Å². The predicted octanol–water partition coefficient (Wildman–Crippen LogP) is 7.26. The van der Waals surface area contributed by atoms with Crippen molar-refractivity contribution in [3.05, 3.63) is 70.4 Å². The smallest absolute Gasteiger partial charge is 0.154 e. The number of halogens is 4. The third-order valence-corrected chi connectivity index (χ3v) is 7.09. The Morgan fingerprint density at radius 2 is 1.81 bits per heavy atom. The van der Waals surface area contributed by atoms with Crippen molar-refractivity contribution in [1.82, 2.24) is 15.0 Å². The summed E-state index contributed by atoms with van der Waals surface area (Å²) in [6, 6.07) is 7.76. The fourth-order valence-electron chi connectivity index (χ4n) is 5.00. The van der Waals surface area contributed by atoms with Crippen LogP contribution in [0.5, 0.6) is 0 Å². The molecule has 4 aromatic rings. The first-order valence-corrected chi connectivity index (χ1v) is 10.9. The first-order chi connectivity index (χ1) is 14.9. The topological polar surface area (TPSA) is 41.6 Å². The summed E-state index contributed by atoms with van der Waals surface area (Å²) in [5.41, 5.74) is 1.82. The van der Waals surface area contributed by atoms with Crippen LogP contribution in [0.1, 0.15) is 55.8 Å². The van der Waals surface area contributed by atoms with Crippen molar-refractivity contribution in [2.75, 3.05) is 0 Å². The molecule has 2 aromatic heterocycles. The minimum Gasteiger partial charge on any atom is -0.340 e. The molecule has 2 heterocycles. The lowest BCUT2D eigenvalue weighted by Crippen LogP contribution is -2.19. The second-order valence-electron chi connectivity index (χ2n) is 8.43. The van der Waals surface area contributed by atoms with E-state index in [-0.39, 0.29) is 33.7 Å². The number of aromatic nitrogens is 3. The Balaban J connectivity index is 1.38. The Kier molecular flexibility index (Phi) is 5.13. The van der Waals surface area contributed by atoms with Crippen LogP contribution in [-0.2, 0) is 0 Å². The summed E-state index contributed by atoms with van der Waals surface area (Å²) in [7, 11) is 0. The molecule has 1 saturated carbocycles. The molecule has 0 spiro atoms. The maximum atomic E-state index is 14.7. The molecule has 160 valence electrons. The van der Waals surface area contributed by atoms with Gasteiger partial charge >= 0.3 is 0 Å². The van der Waals surface area contributed by atoms with Gasteiger partial charge in [0.25, 0.3) is 0 Å². The summed E-state index contributed by atoms with van der Waals surface area (Å²) in [6.07, 6.45) is 5.21. The highest BCUT2D eigenvalue weighted by molar-refractivity contribution is 6.35. The van der Waals surface area contributed by atoms with Crippen LogP contribution in [0.15, 0.2) is 36.5 Å². The van der Waals surface area contributed by atoms with E-state index in [4.69, 9.17) is 11.6 Å². The summed E-state index contributed by atoms with van der Waals surface area (Å²) in [5, 5.41) is 0.731. The Labute approximate surface area is 182 Å². The van der Waals surface area contributed by atoms with E-state index in [1.807, 2.05) is 19.1 Å². The van der Waals surface area contributed by atoms with Gasteiger partial charge in [0, 0.05) is 29.1 Å². The van der Waals surface area contributed by atoms with Gasteiger partial charge in [-0.2, -0.15) is 0 Å². The summed E-state index contributed by atoms with van der Waals surface area (Å²) in [6.45, 7) is 2.04. The number of fused-ring (bicyclic) bond motifs is 2. The van der Waals surface area contributed by atoms with Gasteiger partial charge in [0.15, 0.2) is 5.82 Å². The lowest BCUT2D eigenvalue weighted by atomic mass is 9.73. The van der Waals surface area contributed by atoms with Crippen molar-refractivity contribution in [3.63, 3.8) is 0 Å². The van der Waals surface area contributed by atoms with Crippen molar-refractivity contribution in [1.29, 1.82) is 0 Å². The van der Waals surface area contributed by atoms with E-state index in [9.17, 15) is 13.2 Å². The SMILES string of the molecule is C[C@H](c1nc2c(F)cc(F)c(Cl)c2[nH]1)[C@H]1CC[C@@H](c2c(F)ccc3ncccc32)CC1. The summed E-state index contributed by atoms with van der Waals surface area (Å²) >= 11 is 6.00. The van der Waals surface area contributed by atoms with Gasteiger partial charge in [-0.1, -0.05) is 24.6 Å². The fraction of sp³-hybridized carbons (Fsp3) is 0.333. The van der Waals surface area contributed by atoms with Crippen LogP contribution >= 0.6 is 11.6 Å². The number of hydrogen-bond acceptors (Lipinski definition) is 2. The molecule has 2 aromatic carbocycles. The lowest BCUT2D eigenvalue weighted by molar-refractivity contribution is 0.284. The molecule has 0 amide bonds. The normalized spacial score (nSPS) is 20.4. The van der Waals surface area contributed by atoms with Gasteiger partial charge < -0.3 is 4.98 Å². The summed E-state index contributed by atoms with van der Waals surface area (Å²) in [4.78, 5) is 11.8. The number of nitrogens with one attached hydrogen (secondary N) is 1. The highest BCUT2D eigenvalue weighted by atomic mass is 35.5. The van der Waals surface area contributed by atoms with E-state index in [1.165, 1.54) is 6.07 Å². The molecule has 1 fully saturated rings. The quantitative estimate of drug-likeness (QED) is 0.338. The van der Waals surface area contributed by atoms with Gasteiger partial charge in [-0.3, -0.25) is 4.98 Å². The van der Waals surface area contributed by atoms with Crippen LogP contribution in [0.25, 0.3) is 21.9 Å². The van der Waals surface area contributed by atoms with Crippen LogP contribution in [0, 0.1) is 23.4 Å². The maximum absolute atomic E-state index is 14.7. The zero-order chi connectivity index (χ0) is 21.7. The van der Waals surface area contributed by atoms with E-state index in [2.05, 4.69) is 15.0 Å². The molecule has 0 bridgehead atoms. The number of benzene rings is 2. The molecule has 0 aliphatic heterocycles. The first-order valence-electron chi connectivity index (χ1n) is 10.5. The molecule has 1 aliphatic rings. The average Bonchev–Trinajstić information content (AvgIpc) is 3.24. The standard InChI is InChI=1S/C24H21ClF3N3/c1-12(24-30-22-18(28)11-17(27)21(25)23(22)31-24)13-4-6-14(7-5-13)20-15-3-2-10-29-19(15)9-8-16(20)26/h2-3,8-14H,4-7H2,1H3,(H,30,31)/t12-,13-,14+/m0/s1. The third-order valence-electron chi connectivity index (χ3n) is 6.72. The molecular formula is C24H21ClF3N3. The van der Waals surface area contributed by atoms with Gasteiger partial charge in [0.2, 0.25) is 0 Å². The number of hydrogen-bond donors (Lipinski definition) is 1. The number of aromatic amines is 1. The van der Waals surface area contributed by atoms with Gasteiger partial charge in [-0.15, -0.1) is 0 Å². The Morgan fingerprint density at radius 3 is 2.58 bits per heavy atom. The van der Waals surface area contributed by atoms with E-state index in [0.717, 1.165) is 48.2 Å². The van der Waals surface area contributed by atoms with Crippen molar-refractivity contribution in [2.24, 2.45) is 5.92 Å². The van der Waals surface area contributed by atoms with Crippen molar-refractivity contribution in [3.8, 4) is 0 Å². The van der Waals surface area contributed by atoms with Gasteiger partial charge in [-0.25, -0.2) is 18.2 Å². The van der Waals surface area contributed by atoms with Crippen LogP contribution in [-0.4, -0.2) is 15.0 Å². The number of nitrogens with zero attached hydrogens (tertiary/aromatic N) is 2. The molecule has 7 heteroatoms. The van der Waals surface area contributed by atoms with Gasteiger partial charge in [0.05, 0.1) is 11.0 Å². The third kappa shape index (κ3) is 3.47. The molecule has 0 saturated heterocycles. The zero-order valence-corrected chi connectivity index (χ0v) is 17.7. The highest BCUT2D eigenvalue weighted by Gasteiger charge is 2.31. The fourth-order valence-corrected chi connectivity index (χ4v) is 5.19. The van der Waals surface area contributed by atoms with E-state index < -0.39 is 11.6 Å². The van der Waals surface area contributed by atoms with E-state index >= 15 is 0 Å². The Hall–Kier alpha value is -2.60. The molecule has 5 rings (SSSR count). The van der Waals surface area contributed by atoms with Gasteiger partial charge in [0.1, 0.15) is 28.0 Å². The van der Waals surface area contributed by atoms with Crippen molar-refractivity contribution < 1.29 is 13.2 Å². The summed E-state index contributed by atoms with van der Waals surface area (Å²) in [5.74, 6) is -0.651. The van der Waals surface area contributed by atoms with Crippen LogP contribution in [0.4, 0.5) is 13.2 Å². The Bertz CT molecular complexity index is 1280. The molecular weight excluding hydrogens is 423 g/mol. The van der Waals surface area contributed by atoms with E-state index in [1.54, 1.807) is 12.3 Å².